The van der Waals surface area contributed by atoms with Crippen LogP contribution >= 0.6 is 0 Å². The number of aromatic nitrogens is 2. The van der Waals surface area contributed by atoms with Gasteiger partial charge in [0.1, 0.15) is 17.9 Å². The molecule has 23 heavy (non-hydrogen) atoms. The summed E-state index contributed by atoms with van der Waals surface area (Å²) in [6, 6.07) is 12.9. The molecule has 0 aliphatic carbocycles. The van der Waals surface area contributed by atoms with Crippen LogP contribution in [0, 0.1) is 28.6 Å². The van der Waals surface area contributed by atoms with Gasteiger partial charge in [-0.2, -0.15) is 10.5 Å². The van der Waals surface area contributed by atoms with Gasteiger partial charge in [-0.3, -0.25) is 10.1 Å². The number of rotatable bonds is 6. The molecule has 0 aliphatic rings. The molecule has 0 saturated heterocycles. The monoisotopic (exact) mass is 309 g/mol. The molecule has 1 atom stereocenters. The smallest absolute Gasteiger partial charge is 0.229 e. The predicted octanol–water partition coefficient (Wildman–Crippen LogP) is 2.20. The first-order valence-corrected chi connectivity index (χ1v) is 7.03. The van der Waals surface area contributed by atoms with Crippen LogP contribution in [-0.4, -0.2) is 22.5 Å². The van der Waals surface area contributed by atoms with Crippen LogP contribution < -0.4 is 10.1 Å². The fraction of sp³-hybridized carbons (Fsp3) is 0.250. The topological polar surface area (TPSA) is 115 Å². The first kappa shape index (κ1) is 16.1. The Hall–Kier alpha value is -3.32. The van der Waals surface area contributed by atoms with Crippen LogP contribution in [0.25, 0.3) is 0 Å². The molecular weight excluding hydrogens is 294 g/mol. The van der Waals surface area contributed by atoms with E-state index in [-0.39, 0.29) is 29.2 Å². The molecule has 2 aromatic rings. The summed E-state index contributed by atoms with van der Waals surface area (Å²) in [5.41, 5.74) is -0.00859. The van der Waals surface area contributed by atoms with Crippen LogP contribution in [0.2, 0.25) is 0 Å². The zero-order chi connectivity index (χ0) is 16.7. The van der Waals surface area contributed by atoms with Crippen LogP contribution in [0.15, 0.2) is 30.3 Å². The molecule has 1 aromatic heterocycles. The Bertz CT molecular complexity index is 724. The quantitative estimate of drug-likeness (QED) is 0.848. The second kappa shape index (κ2) is 7.62. The van der Waals surface area contributed by atoms with Crippen LogP contribution in [0.1, 0.15) is 24.7 Å². The highest BCUT2D eigenvalue weighted by Gasteiger charge is 2.16. The SMILES string of the molecule is CC(CCOc1ccccc1)C(=O)Nc1nc(C#N)c(C#N)[nH]1. The number of nitrogens with zero attached hydrogens (tertiary/aromatic N) is 3. The van der Waals surface area contributed by atoms with Crippen molar-refractivity contribution in [1.29, 1.82) is 10.5 Å². The summed E-state index contributed by atoms with van der Waals surface area (Å²) in [4.78, 5) is 18.5. The lowest BCUT2D eigenvalue weighted by Gasteiger charge is -2.11. The Balaban J connectivity index is 1.84. The van der Waals surface area contributed by atoms with Gasteiger partial charge in [0.05, 0.1) is 6.61 Å². The van der Waals surface area contributed by atoms with E-state index in [0.29, 0.717) is 13.0 Å². The Morgan fingerprint density at radius 1 is 1.35 bits per heavy atom. The number of hydrogen-bond donors (Lipinski definition) is 2. The third-order valence-electron chi connectivity index (χ3n) is 3.17. The van der Waals surface area contributed by atoms with E-state index in [1.807, 2.05) is 36.4 Å². The van der Waals surface area contributed by atoms with E-state index in [4.69, 9.17) is 15.3 Å². The molecule has 1 amide bonds. The minimum atomic E-state index is -0.306. The average molecular weight is 309 g/mol. The first-order chi connectivity index (χ1) is 11.1. The highest BCUT2D eigenvalue weighted by Crippen LogP contribution is 2.13. The van der Waals surface area contributed by atoms with Crippen molar-refractivity contribution in [2.24, 2.45) is 5.92 Å². The third-order valence-corrected chi connectivity index (χ3v) is 3.17. The number of H-pyrrole nitrogens is 1. The second-order valence-corrected chi connectivity index (χ2v) is 4.87. The van der Waals surface area contributed by atoms with Crippen molar-refractivity contribution in [1.82, 2.24) is 9.97 Å². The third kappa shape index (κ3) is 4.32. The van der Waals surface area contributed by atoms with Crippen molar-refractivity contribution in [2.75, 3.05) is 11.9 Å². The van der Waals surface area contributed by atoms with E-state index in [1.54, 1.807) is 13.0 Å². The molecule has 7 heteroatoms. The molecule has 0 bridgehead atoms. The van der Waals surface area contributed by atoms with Gasteiger partial charge >= 0.3 is 0 Å². The number of hydrogen-bond acceptors (Lipinski definition) is 5. The minimum Gasteiger partial charge on any atom is -0.494 e. The molecule has 0 saturated carbocycles. The fourth-order valence-electron chi connectivity index (χ4n) is 1.84. The first-order valence-electron chi connectivity index (χ1n) is 7.03. The number of imidazole rings is 1. The molecule has 0 radical (unpaired) electrons. The van der Waals surface area contributed by atoms with Crippen molar-refractivity contribution < 1.29 is 9.53 Å². The molecule has 7 nitrogen and oxygen atoms in total. The Morgan fingerprint density at radius 2 is 2.09 bits per heavy atom. The standard InChI is InChI=1S/C16H15N5O2/c1-11(7-8-23-12-5-3-2-4-6-12)15(22)21-16-19-13(9-17)14(10-18)20-16/h2-6,11H,7-8H2,1H3,(H2,19,20,21,22). The number of nitrogens with one attached hydrogen (secondary N) is 2. The summed E-state index contributed by atoms with van der Waals surface area (Å²) in [6.07, 6.45) is 0.525. The molecule has 1 unspecified atom stereocenters. The average Bonchev–Trinajstić information content (AvgIpc) is 2.97. The van der Waals surface area contributed by atoms with Crippen molar-refractivity contribution >= 4 is 11.9 Å². The predicted molar refractivity (Wildman–Crippen MR) is 82.4 cm³/mol. The fourth-order valence-corrected chi connectivity index (χ4v) is 1.84. The molecule has 0 fully saturated rings. The number of benzene rings is 1. The number of ether oxygens (including phenoxy) is 1. The summed E-state index contributed by atoms with van der Waals surface area (Å²) in [5, 5.41) is 20.2. The van der Waals surface area contributed by atoms with Gasteiger partial charge in [0, 0.05) is 5.92 Å². The number of anilines is 1. The van der Waals surface area contributed by atoms with E-state index in [2.05, 4.69) is 15.3 Å². The van der Waals surface area contributed by atoms with Gasteiger partial charge < -0.3 is 9.72 Å². The van der Waals surface area contributed by atoms with E-state index in [1.165, 1.54) is 0 Å². The van der Waals surface area contributed by atoms with Gasteiger partial charge in [0.2, 0.25) is 11.9 Å². The maximum Gasteiger partial charge on any atom is 0.229 e. The molecule has 1 heterocycles. The zero-order valence-electron chi connectivity index (χ0n) is 12.5. The van der Waals surface area contributed by atoms with Gasteiger partial charge in [-0.15, -0.1) is 0 Å². The minimum absolute atomic E-state index is 0.0304. The summed E-state index contributed by atoms with van der Waals surface area (Å²) >= 11 is 0. The summed E-state index contributed by atoms with van der Waals surface area (Å²) in [6.45, 7) is 2.17. The molecule has 2 N–H and O–H groups in total. The van der Waals surface area contributed by atoms with E-state index in [0.717, 1.165) is 5.75 Å². The van der Waals surface area contributed by atoms with Gasteiger partial charge in [-0.05, 0) is 18.6 Å². The molecule has 0 aliphatic heterocycles. The molecule has 0 spiro atoms. The van der Waals surface area contributed by atoms with E-state index < -0.39 is 0 Å². The van der Waals surface area contributed by atoms with Crippen LogP contribution in [-0.2, 0) is 4.79 Å². The summed E-state index contributed by atoms with van der Waals surface area (Å²) in [5.74, 6) is 0.284. The highest BCUT2D eigenvalue weighted by atomic mass is 16.5. The number of carbonyl (C=O) groups is 1. The number of amides is 1. The lowest BCUT2D eigenvalue weighted by Crippen LogP contribution is -2.22. The lowest BCUT2D eigenvalue weighted by atomic mass is 10.1. The summed E-state index contributed by atoms with van der Waals surface area (Å²) < 4.78 is 5.55. The number of nitriles is 2. The van der Waals surface area contributed by atoms with E-state index in [9.17, 15) is 4.79 Å². The molecule has 116 valence electrons. The van der Waals surface area contributed by atoms with Crippen molar-refractivity contribution in [3.8, 4) is 17.9 Å². The Labute approximate surface area is 133 Å². The van der Waals surface area contributed by atoms with Crippen molar-refractivity contribution in [2.45, 2.75) is 13.3 Å². The van der Waals surface area contributed by atoms with E-state index >= 15 is 0 Å². The van der Waals surface area contributed by atoms with Gasteiger partial charge in [0.25, 0.3) is 0 Å². The van der Waals surface area contributed by atoms with Crippen LogP contribution in [0.4, 0.5) is 5.95 Å². The number of para-hydroxylation sites is 1. The molecule has 2 rings (SSSR count). The van der Waals surface area contributed by atoms with Crippen LogP contribution in [0.5, 0.6) is 5.75 Å². The van der Waals surface area contributed by atoms with Gasteiger partial charge in [0.15, 0.2) is 11.4 Å². The molecular formula is C16H15N5O2. The summed E-state index contributed by atoms with van der Waals surface area (Å²) in [7, 11) is 0. The Morgan fingerprint density at radius 3 is 2.70 bits per heavy atom. The zero-order valence-corrected chi connectivity index (χ0v) is 12.5. The number of aromatic amines is 1. The van der Waals surface area contributed by atoms with Crippen LogP contribution in [0.3, 0.4) is 0 Å². The Kier molecular flexibility index (Phi) is 5.32. The number of carbonyl (C=O) groups excluding carboxylic acids is 1. The van der Waals surface area contributed by atoms with Gasteiger partial charge in [-0.25, -0.2) is 4.98 Å². The lowest BCUT2D eigenvalue weighted by molar-refractivity contribution is -0.119. The normalized spacial score (nSPS) is 11.1. The highest BCUT2D eigenvalue weighted by molar-refractivity contribution is 5.90. The maximum absolute atomic E-state index is 12.1. The van der Waals surface area contributed by atoms with Crippen molar-refractivity contribution in [3.63, 3.8) is 0 Å². The second-order valence-electron chi connectivity index (χ2n) is 4.87. The van der Waals surface area contributed by atoms with Gasteiger partial charge in [-0.1, -0.05) is 25.1 Å². The maximum atomic E-state index is 12.1. The molecule has 1 aromatic carbocycles. The largest absolute Gasteiger partial charge is 0.494 e. The van der Waals surface area contributed by atoms with Crippen molar-refractivity contribution in [3.05, 3.63) is 41.7 Å².